The number of sulfonamides is 1. The molecule has 0 fully saturated rings. The Morgan fingerprint density at radius 1 is 0.963 bits per heavy atom. The minimum Gasteiger partial charge on any atom is -0.480 e. The standard InChI is InChI=1S/C20H26N2O4S/c1-13(2)22-27(24,25)18-11-9-17(10-12-18)21-20(23)16(5)26-19-14(3)7-6-8-15(19)4/h6-13,16,22H,1-5H3,(H,21,23)/t16-/m1/s1. The van der Waals surface area contributed by atoms with E-state index in [1.807, 2.05) is 32.0 Å². The zero-order valence-electron chi connectivity index (χ0n) is 16.2. The van der Waals surface area contributed by atoms with E-state index in [0.717, 1.165) is 11.1 Å². The second-order valence-electron chi connectivity index (χ2n) is 6.77. The van der Waals surface area contributed by atoms with Gasteiger partial charge in [-0.2, -0.15) is 0 Å². The minimum absolute atomic E-state index is 0.147. The fourth-order valence-corrected chi connectivity index (χ4v) is 3.81. The summed E-state index contributed by atoms with van der Waals surface area (Å²) in [6, 6.07) is 11.6. The molecule has 1 amide bonds. The number of nitrogens with one attached hydrogen (secondary N) is 2. The topological polar surface area (TPSA) is 84.5 Å². The van der Waals surface area contributed by atoms with E-state index >= 15 is 0 Å². The van der Waals surface area contributed by atoms with Crippen molar-refractivity contribution >= 4 is 21.6 Å². The Balaban J connectivity index is 2.05. The van der Waals surface area contributed by atoms with Gasteiger partial charge in [0, 0.05) is 11.7 Å². The lowest BCUT2D eigenvalue weighted by atomic mass is 10.1. The highest BCUT2D eigenvalue weighted by Crippen LogP contribution is 2.24. The number of rotatable bonds is 7. The minimum atomic E-state index is -3.56. The third-order valence-corrected chi connectivity index (χ3v) is 5.57. The zero-order chi connectivity index (χ0) is 20.2. The van der Waals surface area contributed by atoms with Crippen molar-refractivity contribution in [3.8, 4) is 5.75 Å². The van der Waals surface area contributed by atoms with E-state index < -0.39 is 16.1 Å². The summed E-state index contributed by atoms with van der Waals surface area (Å²) in [5.41, 5.74) is 2.42. The van der Waals surface area contributed by atoms with Gasteiger partial charge in [-0.05, 0) is 70.0 Å². The molecule has 0 aliphatic heterocycles. The zero-order valence-corrected chi connectivity index (χ0v) is 17.1. The van der Waals surface area contributed by atoms with Crippen molar-refractivity contribution in [1.29, 1.82) is 0 Å². The van der Waals surface area contributed by atoms with Gasteiger partial charge in [0.1, 0.15) is 5.75 Å². The van der Waals surface area contributed by atoms with Crippen molar-refractivity contribution in [2.45, 2.75) is 51.7 Å². The van der Waals surface area contributed by atoms with Crippen LogP contribution in [0.4, 0.5) is 5.69 Å². The van der Waals surface area contributed by atoms with Crippen LogP contribution in [-0.4, -0.2) is 26.5 Å². The molecule has 0 radical (unpaired) electrons. The van der Waals surface area contributed by atoms with Crippen molar-refractivity contribution < 1.29 is 17.9 Å². The van der Waals surface area contributed by atoms with Gasteiger partial charge in [-0.15, -0.1) is 0 Å². The van der Waals surface area contributed by atoms with Crippen LogP contribution in [-0.2, 0) is 14.8 Å². The molecule has 0 saturated heterocycles. The van der Waals surface area contributed by atoms with Crippen LogP contribution >= 0.6 is 0 Å². The summed E-state index contributed by atoms with van der Waals surface area (Å²) >= 11 is 0. The molecule has 2 N–H and O–H groups in total. The molecule has 0 saturated carbocycles. The van der Waals surface area contributed by atoms with Gasteiger partial charge in [-0.3, -0.25) is 4.79 Å². The van der Waals surface area contributed by atoms with E-state index in [1.54, 1.807) is 32.9 Å². The van der Waals surface area contributed by atoms with Crippen LogP contribution in [0.1, 0.15) is 31.9 Å². The van der Waals surface area contributed by atoms with Crippen LogP contribution in [0.2, 0.25) is 0 Å². The second-order valence-corrected chi connectivity index (χ2v) is 8.48. The fourth-order valence-electron chi connectivity index (χ4n) is 2.56. The van der Waals surface area contributed by atoms with E-state index in [9.17, 15) is 13.2 Å². The first-order valence-corrected chi connectivity index (χ1v) is 10.2. The van der Waals surface area contributed by atoms with E-state index in [1.165, 1.54) is 12.1 Å². The normalized spacial score (nSPS) is 12.7. The van der Waals surface area contributed by atoms with Crippen molar-refractivity contribution in [2.75, 3.05) is 5.32 Å². The lowest BCUT2D eigenvalue weighted by molar-refractivity contribution is -0.122. The number of amides is 1. The van der Waals surface area contributed by atoms with Gasteiger partial charge in [0.2, 0.25) is 10.0 Å². The predicted octanol–water partition coefficient (Wildman–Crippen LogP) is 3.40. The number of aryl methyl sites for hydroxylation is 2. The molecule has 146 valence electrons. The molecule has 1 atom stereocenters. The molecule has 2 rings (SSSR count). The third-order valence-electron chi connectivity index (χ3n) is 3.90. The quantitative estimate of drug-likeness (QED) is 0.759. The summed E-state index contributed by atoms with van der Waals surface area (Å²) in [6.07, 6.45) is -0.698. The van der Waals surface area contributed by atoms with E-state index in [-0.39, 0.29) is 16.8 Å². The molecule has 0 spiro atoms. The van der Waals surface area contributed by atoms with Crippen molar-refractivity contribution in [1.82, 2.24) is 4.72 Å². The van der Waals surface area contributed by atoms with E-state index in [2.05, 4.69) is 10.0 Å². The molecule has 2 aromatic rings. The van der Waals surface area contributed by atoms with Crippen LogP contribution in [0.25, 0.3) is 0 Å². The Hall–Kier alpha value is -2.38. The van der Waals surface area contributed by atoms with Crippen molar-refractivity contribution in [2.24, 2.45) is 0 Å². The Morgan fingerprint density at radius 3 is 2.04 bits per heavy atom. The number of hydrogen-bond acceptors (Lipinski definition) is 4. The molecule has 0 aliphatic rings. The van der Waals surface area contributed by atoms with Gasteiger partial charge in [0.15, 0.2) is 6.10 Å². The first-order valence-electron chi connectivity index (χ1n) is 8.76. The number of ether oxygens (including phenoxy) is 1. The highest BCUT2D eigenvalue weighted by Gasteiger charge is 2.18. The Bertz CT molecular complexity index is 886. The van der Waals surface area contributed by atoms with Crippen molar-refractivity contribution in [3.63, 3.8) is 0 Å². The summed E-state index contributed by atoms with van der Waals surface area (Å²) in [7, 11) is -3.56. The molecule has 2 aromatic carbocycles. The van der Waals surface area contributed by atoms with Crippen LogP contribution in [0.3, 0.4) is 0 Å². The largest absolute Gasteiger partial charge is 0.480 e. The third kappa shape index (κ3) is 5.55. The van der Waals surface area contributed by atoms with Crippen LogP contribution < -0.4 is 14.8 Å². The van der Waals surface area contributed by atoms with Gasteiger partial charge < -0.3 is 10.1 Å². The second kappa shape index (κ2) is 8.54. The van der Waals surface area contributed by atoms with Crippen LogP contribution in [0, 0.1) is 13.8 Å². The first-order chi connectivity index (χ1) is 12.6. The molecule has 0 aliphatic carbocycles. The lowest BCUT2D eigenvalue weighted by Crippen LogP contribution is -2.31. The van der Waals surface area contributed by atoms with Crippen LogP contribution in [0.15, 0.2) is 47.4 Å². The predicted molar refractivity (Wildman–Crippen MR) is 107 cm³/mol. The number of carbonyl (C=O) groups excluding carboxylic acids is 1. The molecular formula is C20H26N2O4S. The molecule has 0 heterocycles. The molecule has 27 heavy (non-hydrogen) atoms. The molecule has 0 unspecified atom stereocenters. The van der Waals surface area contributed by atoms with Crippen LogP contribution in [0.5, 0.6) is 5.75 Å². The maximum Gasteiger partial charge on any atom is 0.265 e. The fraction of sp³-hybridized carbons (Fsp3) is 0.350. The maximum atomic E-state index is 12.4. The highest BCUT2D eigenvalue weighted by molar-refractivity contribution is 7.89. The summed E-state index contributed by atoms with van der Waals surface area (Å²) in [5.74, 6) is 0.384. The summed E-state index contributed by atoms with van der Waals surface area (Å²) in [4.78, 5) is 12.5. The first kappa shape index (κ1) is 20.9. The Labute approximate surface area is 161 Å². The smallest absolute Gasteiger partial charge is 0.265 e. The van der Waals surface area contributed by atoms with Gasteiger partial charge >= 0.3 is 0 Å². The monoisotopic (exact) mass is 390 g/mol. The van der Waals surface area contributed by atoms with E-state index in [0.29, 0.717) is 11.4 Å². The van der Waals surface area contributed by atoms with Gasteiger partial charge in [0.25, 0.3) is 5.91 Å². The molecule has 0 bridgehead atoms. The van der Waals surface area contributed by atoms with Gasteiger partial charge in [-0.1, -0.05) is 18.2 Å². The summed E-state index contributed by atoms with van der Waals surface area (Å²) < 4.78 is 32.6. The van der Waals surface area contributed by atoms with Gasteiger partial charge in [0.05, 0.1) is 4.90 Å². The number of para-hydroxylation sites is 1. The highest BCUT2D eigenvalue weighted by atomic mass is 32.2. The molecular weight excluding hydrogens is 364 g/mol. The molecule has 0 aromatic heterocycles. The van der Waals surface area contributed by atoms with Crippen molar-refractivity contribution in [3.05, 3.63) is 53.6 Å². The number of carbonyl (C=O) groups is 1. The average molecular weight is 391 g/mol. The number of anilines is 1. The Kier molecular flexibility index (Phi) is 6.62. The lowest BCUT2D eigenvalue weighted by Gasteiger charge is -2.18. The average Bonchev–Trinajstić information content (AvgIpc) is 2.57. The van der Waals surface area contributed by atoms with E-state index in [4.69, 9.17) is 4.74 Å². The number of hydrogen-bond donors (Lipinski definition) is 2. The molecule has 6 nitrogen and oxygen atoms in total. The Morgan fingerprint density at radius 2 is 1.52 bits per heavy atom. The van der Waals surface area contributed by atoms with Gasteiger partial charge in [-0.25, -0.2) is 13.1 Å². The number of benzene rings is 2. The molecule has 7 heteroatoms. The summed E-state index contributed by atoms with van der Waals surface area (Å²) in [5, 5.41) is 2.74. The maximum absolute atomic E-state index is 12.4. The SMILES string of the molecule is Cc1cccc(C)c1O[C@H](C)C(=O)Nc1ccc(S(=O)(=O)NC(C)C)cc1. The summed E-state index contributed by atoms with van der Waals surface area (Å²) in [6.45, 7) is 9.04.